The standard InChI is InChI=1S/C22H20FN5/c1-13(10-14-8-9-14)25-19-12-24-28-21(19)22-26-18-7-3-6-17(20(18)27-22)15-4-2-5-16(23)11-15/h2-7,11-12,14,25H,1,8-10H2,(H,24,28)(H,26,27). The lowest BCUT2D eigenvalue weighted by Gasteiger charge is -2.08. The van der Waals surface area contributed by atoms with Crippen LogP contribution in [0.2, 0.25) is 0 Å². The Morgan fingerprint density at radius 3 is 2.89 bits per heavy atom. The highest BCUT2D eigenvalue weighted by Crippen LogP contribution is 2.36. The Morgan fingerprint density at radius 2 is 2.07 bits per heavy atom. The van der Waals surface area contributed by atoms with Crippen LogP contribution in [0.5, 0.6) is 0 Å². The molecule has 140 valence electrons. The van der Waals surface area contributed by atoms with Gasteiger partial charge in [0, 0.05) is 11.3 Å². The molecule has 0 radical (unpaired) electrons. The normalized spacial score (nSPS) is 13.8. The van der Waals surface area contributed by atoms with E-state index in [0.717, 1.165) is 51.6 Å². The largest absolute Gasteiger partial charge is 0.356 e. The maximum atomic E-state index is 13.7. The number of aromatic amines is 2. The zero-order valence-electron chi connectivity index (χ0n) is 15.3. The van der Waals surface area contributed by atoms with Crippen molar-refractivity contribution in [3.05, 3.63) is 66.8 Å². The highest BCUT2D eigenvalue weighted by atomic mass is 19.1. The average molecular weight is 373 g/mol. The number of nitrogens with one attached hydrogen (secondary N) is 3. The van der Waals surface area contributed by atoms with Crippen LogP contribution in [0.3, 0.4) is 0 Å². The Labute approximate surface area is 161 Å². The van der Waals surface area contributed by atoms with Gasteiger partial charge in [0.25, 0.3) is 0 Å². The molecule has 0 aliphatic heterocycles. The van der Waals surface area contributed by atoms with E-state index in [2.05, 4.69) is 27.1 Å². The molecule has 2 aromatic carbocycles. The summed E-state index contributed by atoms with van der Waals surface area (Å²) in [5.41, 5.74) is 5.96. The third kappa shape index (κ3) is 3.17. The molecule has 0 saturated heterocycles. The van der Waals surface area contributed by atoms with Crippen LogP contribution in [0.15, 0.2) is 60.9 Å². The summed E-state index contributed by atoms with van der Waals surface area (Å²) in [7, 11) is 0. The Bertz CT molecular complexity index is 1170. The number of rotatable bonds is 6. The number of nitrogens with zero attached hydrogens (tertiary/aromatic N) is 2. The lowest BCUT2D eigenvalue weighted by molar-refractivity contribution is 0.628. The molecule has 0 bridgehead atoms. The van der Waals surface area contributed by atoms with Crippen LogP contribution in [0, 0.1) is 11.7 Å². The SMILES string of the molecule is C=C(CC1CC1)Nc1cn[nH]c1-c1nc2c(-c3cccc(F)c3)cccc2[nH]1. The van der Waals surface area contributed by atoms with Gasteiger partial charge in [0.05, 0.1) is 22.9 Å². The van der Waals surface area contributed by atoms with E-state index in [0.29, 0.717) is 5.82 Å². The second-order valence-electron chi connectivity index (χ2n) is 7.33. The van der Waals surface area contributed by atoms with Crippen molar-refractivity contribution in [2.75, 3.05) is 5.32 Å². The Morgan fingerprint density at radius 1 is 1.21 bits per heavy atom. The van der Waals surface area contributed by atoms with Crippen molar-refractivity contribution in [3.63, 3.8) is 0 Å². The molecule has 0 spiro atoms. The quantitative estimate of drug-likeness (QED) is 0.419. The number of aromatic nitrogens is 4. The third-order valence-electron chi connectivity index (χ3n) is 5.07. The van der Waals surface area contributed by atoms with Crippen LogP contribution in [-0.2, 0) is 0 Å². The minimum atomic E-state index is -0.264. The van der Waals surface area contributed by atoms with Crippen LogP contribution in [-0.4, -0.2) is 20.2 Å². The van der Waals surface area contributed by atoms with E-state index in [1.165, 1.54) is 25.0 Å². The van der Waals surface area contributed by atoms with E-state index in [4.69, 9.17) is 4.98 Å². The highest BCUT2D eigenvalue weighted by molar-refractivity contribution is 5.94. The zero-order valence-corrected chi connectivity index (χ0v) is 15.3. The third-order valence-corrected chi connectivity index (χ3v) is 5.07. The first-order chi connectivity index (χ1) is 13.7. The number of benzene rings is 2. The fourth-order valence-electron chi connectivity index (χ4n) is 3.51. The molecule has 5 nitrogen and oxygen atoms in total. The van der Waals surface area contributed by atoms with Crippen LogP contribution >= 0.6 is 0 Å². The monoisotopic (exact) mass is 373 g/mol. The van der Waals surface area contributed by atoms with Crippen LogP contribution < -0.4 is 5.32 Å². The second kappa shape index (κ2) is 6.64. The maximum Gasteiger partial charge on any atom is 0.158 e. The van der Waals surface area contributed by atoms with Crippen molar-refractivity contribution >= 4 is 16.7 Å². The van der Waals surface area contributed by atoms with Gasteiger partial charge < -0.3 is 10.3 Å². The van der Waals surface area contributed by atoms with Gasteiger partial charge >= 0.3 is 0 Å². The van der Waals surface area contributed by atoms with Gasteiger partial charge in [-0.05, 0) is 48.9 Å². The number of fused-ring (bicyclic) bond motifs is 1. The summed E-state index contributed by atoms with van der Waals surface area (Å²) in [6.07, 6.45) is 5.29. The molecule has 0 atom stereocenters. The Balaban J connectivity index is 1.52. The number of hydrogen-bond acceptors (Lipinski definition) is 3. The van der Waals surface area contributed by atoms with E-state index >= 15 is 0 Å². The van der Waals surface area contributed by atoms with E-state index in [1.807, 2.05) is 24.3 Å². The van der Waals surface area contributed by atoms with E-state index in [-0.39, 0.29) is 5.82 Å². The smallest absolute Gasteiger partial charge is 0.158 e. The van der Waals surface area contributed by atoms with Gasteiger partial charge in [0.2, 0.25) is 0 Å². The summed E-state index contributed by atoms with van der Waals surface area (Å²) in [6, 6.07) is 12.4. The summed E-state index contributed by atoms with van der Waals surface area (Å²) < 4.78 is 13.7. The second-order valence-corrected chi connectivity index (χ2v) is 7.33. The number of hydrogen-bond donors (Lipinski definition) is 3. The van der Waals surface area contributed by atoms with Crippen LogP contribution in [0.1, 0.15) is 19.3 Å². The first kappa shape index (κ1) is 16.7. The maximum absolute atomic E-state index is 13.7. The van der Waals surface area contributed by atoms with E-state index in [1.54, 1.807) is 12.3 Å². The van der Waals surface area contributed by atoms with Crippen molar-refractivity contribution in [1.29, 1.82) is 0 Å². The predicted molar refractivity (Wildman–Crippen MR) is 109 cm³/mol. The molecule has 1 aliphatic rings. The van der Waals surface area contributed by atoms with Gasteiger partial charge in [0.15, 0.2) is 5.82 Å². The number of para-hydroxylation sites is 1. The molecular formula is C22H20FN5. The predicted octanol–water partition coefficient (Wildman–Crippen LogP) is 5.48. The Kier molecular flexibility index (Phi) is 3.97. The fraction of sp³-hybridized carbons (Fsp3) is 0.182. The minimum Gasteiger partial charge on any atom is -0.356 e. The first-order valence-electron chi connectivity index (χ1n) is 9.40. The van der Waals surface area contributed by atoms with E-state index in [9.17, 15) is 4.39 Å². The topological polar surface area (TPSA) is 69.4 Å². The molecule has 1 fully saturated rings. The molecule has 1 aliphatic carbocycles. The summed E-state index contributed by atoms with van der Waals surface area (Å²) >= 11 is 0. The molecule has 6 heteroatoms. The van der Waals surface area contributed by atoms with Gasteiger partial charge in [-0.25, -0.2) is 9.37 Å². The lowest BCUT2D eigenvalue weighted by atomic mass is 10.0. The molecule has 2 heterocycles. The van der Waals surface area contributed by atoms with Crippen molar-refractivity contribution < 1.29 is 4.39 Å². The molecule has 1 saturated carbocycles. The van der Waals surface area contributed by atoms with Crippen LogP contribution in [0.4, 0.5) is 10.1 Å². The molecule has 28 heavy (non-hydrogen) atoms. The summed E-state index contributed by atoms with van der Waals surface area (Å²) in [5, 5.41) is 10.5. The number of H-pyrrole nitrogens is 2. The number of halogens is 1. The first-order valence-corrected chi connectivity index (χ1v) is 9.40. The molecule has 2 aromatic heterocycles. The van der Waals surface area contributed by atoms with Crippen LogP contribution in [0.25, 0.3) is 33.7 Å². The molecular weight excluding hydrogens is 353 g/mol. The summed E-state index contributed by atoms with van der Waals surface area (Å²) in [6.45, 7) is 4.13. The van der Waals surface area contributed by atoms with Gasteiger partial charge in [-0.1, -0.05) is 30.8 Å². The van der Waals surface area contributed by atoms with Gasteiger partial charge in [-0.2, -0.15) is 5.10 Å². The molecule has 5 rings (SSSR count). The fourth-order valence-corrected chi connectivity index (χ4v) is 3.51. The number of imidazole rings is 1. The van der Waals surface area contributed by atoms with Gasteiger partial charge in [0.1, 0.15) is 11.5 Å². The van der Waals surface area contributed by atoms with Crippen molar-refractivity contribution in [3.8, 4) is 22.6 Å². The minimum absolute atomic E-state index is 0.264. The lowest BCUT2D eigenvalue weighted by Crippen LogP contribution is -1.99. The highest BCUT2D eigenvalue weighted by Gasteiger charge is 2.22. The van der Waals surface area contributed by atoms with Crippen molar-refractivity contribution in [2.24, 2.45) is 5.92 Å². The number of allylic oxidation sites excluding steroid dienone is 1. The summed E-state index contributed by atoms with van der Waals surface area (Å²) in [4.78, 5) is 8.13. The Hall–Kier alpha value is -3.41. The van der Waals surface area contributed by atoms with E-state index < -0.39 is 0 Å². The van der Waals surface area contributed by atoms with Crippen molar-refractivity contribution in [1.82, 2.24) is 20.2 Å². The van der Waals surface area contributed by atoms with Gasteiger partial charge in [-0.15, -0.1) is 0 Å². The molecule has 0 unspecified atom stereocenters. The summed E-state index contributed by atoms with van der Waals surface area (Å²) in [5.74, 6) is 1.17. The molecule has 4 aromatic rings. The number of anilines is 1. The molecule has 0 amide bonds. The molecule has 3 N–H and O–H groups in total. The average Bonchev–Trinajstić information content (AvgIpc) is 3.20. The zero-order chi connectivity index (χ0) is 19.1. The van der Waals surface area contributed by atoms with Gasteiger partial charge in [-0.3, -0.25) is 5.10 Å². The van der Waals surface area contributed by atoms with Crippen molar-refractivity contribution in [2.45, 2.75) is 19.3 Å².